The monoisotopic (exact) mass is 197 g/mol. The topological polar surface area (TPSA) is 26.0 Å². The minimum atomic E-state index is 0.784. The number of unbranched alkanes of at least 4 members (excludes halogenated alkanes) is 1. The molecule has 0 saturated heterocycles. The van der Waals surface area contributed by atoms with Crippen LogP contribution in [0.3, 0.4) is 0 Å². The highest BCUT2D eigenvalue weighted by Crippen LogP contribution is 2.16. The van der Waals surface area contributed by atoms with Gasteiger partial charge in [0.2, 0.25) is 0 Å². The van der Waals surface area contributed by atoms with E-state index in [1.165, 1.54) is 17.5 Å². The average molecular weight is 198 g/mol. The molecule has 0 saturated carbocycles. The molecule has 1 aromatic rings. The lowest BCUT2D eigenvalue weighted by Crippen LogP contribution is -1.99. The fourth-order valence-corrected chi connectivity index (χ4v) is 1.63. The van der Waals surface area contributed by atoms with Gasteiger partial charge in [0.1, 0.15) is 0 Å². The van der Waals surface area contributed by atoms with Gasteiger partial charge in [-0.1, -0.05) is 17.7 Å². The molecule has 2 N–H and O–H groups in total. The van der Waals surface area contributed by atoms with E-state index in [-0.39, 0.29) is 0 Å². The number of nitrogens with two attached hydrogens (primary N) is 1. The van der Waals surface area contributed by atoms with Crippen LogP contribution in [0.1, 0.15) is 24.0 Å². The normalized spacial score (nSPS) is 10.4. The number of halogens is 1. The molecule has 72 valence electrons. The van der Waals surface area contributed by atoms with Crippen LogP contribution in [-0.4, -0.2) is 6.54 Å². The van der Waals surface area contributed by atoms with Crippen LogP contribution in [0.4, 0.5) is 0 Å². The van der Waals surface area contributed by atoms with Gasteiger partial charge in [0.25, 0.3) is 0 Å². The molecule has 0 aliphatic heterocycles. The number of aryl methyl sites for hydroxylation is 2. The zero-order chi connectivity index (χ0) is 9.68. The van der Waals surface area contributed by atoms with Gasteiger partial charge in [0, 0.05) is 5.02 Å². The Kier molecular flexibility index (Phi) is 4.26. The summed E-state index contributed by atoms with van der Waals surface area (Å²) < 4.78 is 0. The standard InChI is InChI=1S/C11H16ClN/c1-9-8-11(12)6-5-10(9)4-2-3-7-13/h5-6,8H,2-4,7,13H2,1H3. The zero-order valence-electron chi connectivity index (χ0n) is 8.02. The van der Waals surface area contributed by atoms with Crippen molar-refractivity contribution in [1.29, 1.82) is 0 Å². The lowest BCUT2D eigenvalue weighted by Gasteiger charge is -2.05. The molecule has 0 spiro atoms. The predicted molar refractivity (Wildman–Crippen MR) is 58.2 cm³/mol. The Morgan fingerprint density at radius 2 is 2.08 bits per heavy atom. The Labute approximate surface area is 84.9 Å². The van der Waals surface area contributed by atoms with Crippen LogP contribution >= 0.6 is 11.6 Å². The van der Waals surface area contributed by atoms with E-state index in [0.717, 1.165) is 24.4 Å². The molecule has 1 aromatic carbocycles. The van der Waals surface area contributed by atoms with E-state index < -0.39 is 0 Å². The molecule has 0 aromatic heterocycles. The van der Waals surface area contributed by atoms with E-state index in [1.807, 2.05) is 12.1 Å². The van der Waals surface area contributed by atoms with E-state index in [2.05, 4.69) is 13.0 Å². The summed E-state index contributed by atoms with van der Waals surface area (Å²) in [5, 5.41) is 0.820. The van der Waals surface area contributed by atoms with Gasteiger partial charge in [-0.05, 0) is 56.0 Å². The highest BCUT2D eigenvalue weighted by atomic mass is 35.5. The maximum atomic E-state index is 5.86. The third kappa shape index (κ3) is 3.37. The summed E-state index contributed by atoms with van der Waals surface area (Å²) in [6, 6.07) is 6.07. The molecule has 0 fully saturated rings. The van der Waals surface area contributed by atoms with Crippen molar-refractivity contribution in [3.05, 3.63) is 34.3 Å². The number of hydrogen-bond acceptors (Lipinski definition) is 1. The third-order valence-corrected chi connectivity index (χ3v) is 2.44. The molecular formula is C11H16ClN. The number of rotatable bonds is 4. The molecule has 0 aliphatic carbocycles. The van der Waals surface area contributed by atoms with Gasteiger partial charge in [-0.2, -0.15) is 0 Å². The van der Waals surface area contributed by atoms with Crippen LogP contribution in [0, 0.1) is 6.92 Å². The third-order valence-electron chi connectivity index (χ3n) is 2.20. The Morgan fingerprint density at radius 1 is 1.31 bits per heavy atom. The average Bonchev–Trinajstić information content (AvgIpc) is 2.09. The SMILES string of the molecule is Cc1cc(Cl)ccc1CCCCN. The summed E-state index contributed by atoms with van der Waals surface area (Å²) in [5.41, 5.74) is 8.10. The van der Waals surface area contributed by atoms with Crippen molar-refractivity contribution in [3.63, 3.8) is 0 Å². The van der Waals surface area contributed by atoms with Crippen molar-refractivity contribution in [1.82, 2.24) is 0 Å². The quantitative estimate of drug-likeness (QED) is 0.739. The van der Waals surface area contributed by atoms with Crippen molar-refractivity contribution < 1.29 is 0 Å². The largest absolute Gasteiger partial charge is 0.330 e. The van der Waals surface area contributed by atoms with E-state index in [1.54, 1.807) is 0 Å². The Balaban J connectivity index is 2.56. The first-order chi connectivity index (χ1) is 6.24. The van der Waals surface area contributed by atoms with Gasteiger partial charge < -0.3 is 5.73 Å². The van der Waals surface area contributed by atoms with Crippen molar-refractivity contribution >= 4 is 11.6 Å². The molecule has 0 amide bonds. The summed E-state index contributed by atoms with van der Waals surface area (Å²) in [4.78, 5) is 0. The Morgan fingerprint density at radius 3 is 2.69 bits per heavy atom. The van der Waals surface area contributed by atoms with Gasteiger partial charge in [0.15, 0.2) is 0 Å². The molecule has 2 heteroatoms. The Hall–Kier alpha value is -0.530. The van der Waals surface area contributed by atoms with Crippen LogP contribution in [0.25, 0.3) is 0 Å². The first-order valence-electron chi connectivity index (χ1n) is 4.69. The first-order valence-corrected chi connectivity index (χ1v) is 5.07. The van der Waals surface area contributed by atoms with Crippen LogP contribution in [0.2, 0.25) is 5.02 Å². The summed E-state index contributed by atoms with van der Waals surface area (Å²) in [5.74, 6) is 0. The van der Waals surface area contributed by atoms with Crippen molar-refractivity contribution in [2.24, 2.45) is 5.73 Å². The zero-order valence-corrected chi connectivity index (χ0v) is 8.77. The molecule has 0 unspecified atom stereocenters. The van der Waals surface area contributed by atoms with E-state index >= 15 is 0 Å². The minimum Gasteiger partial charge on any atom is -0.330 e. The van der Waals surface area contributed by atoms with Gasteiger partial charge >= 0.3 is 0 Å². The molecule has 0 heterocycles. The van der Waals surface area contributed by atoms with E-state index in [0.29, 0.717) is 0 Å². The van der Waals surface area contributed by atoms with Crippen LogP contribution in [0.5, 0.6) is 0 Å². The van der Waals surface area contributed by atoms with Crippen LogP contribution < -0.4 is 5.73 Å². The smallest absolute Gasteiger partial charge is 0.0408 e. The molecule has 1 nitrogen and oxygen atoms in total. The summed E-state index contributed by atoms with van der Waals surface area (Å²) in [6.07, 6.45) is 3.38. The highest BCUT2D eigenvalue weighted by molar-refractivity contribution is 6.30. The van der Waals surface area contributed by atoms with Crippen molar-refractivity contribution in [2.75, 3.05) is 6.54 Å². The lowest BCUT2D eigenvalue weighted by molar-refractivity contribution is 0.742. The Bertz CT molecular complexity index is 271. The summed E-state index contributed by atoms with van der Waals surface area (Å²) in [7, 11) is 0. The summed E-state index contributed by atoms with van der Waals surface area (Å²) >= 11 is 5.86. The number of hydrogen-bond donors (Lipinski definition) is 1. The van der Waals surface area contributed by atoms with Crippen molar-refractivity contribution in [2.45, 2.75) is 26.2 Å². The number of benzene rings is 1. The highest BCUT2D eigenvalue weighted by Gasteiger charge is 1.98. The molecular weight excluding hydrogens is 182 g/mol. The molecule has 0 radical (unpaired) electrons. The maximum absolute atomic E-state index is 5.86. The second kappa shape index (κ2) is 5.25. The van der Waals surface area contributed by atoms with E-state index in [9.17, 15) is 0 Å². The van der Waals surface area contributed by atoms with Crippen LogP contribution in [-0.2, 0) is 6.42 Å². The maximum Gasteiger partial charge on any atom is 0.0408 e. The molecule has 1 rings (SSSR count). The first kappa shape index (κ1) is 10.6. The summed E-state index contributed by atoms with van der Waals surface area (Å²) in [6.45, 7) is 2.89. The molecule has 0 atom stereocenters. The van der Waals surface area contributed by atoms with Gasteiger partial charge in [-0.3, -0.25) is 0 Å². The molecule has 0 bridgehead atoms. The molecule has 13 heavy (non-hydrogen) atoms. The van der Waals surface area contributed by atoms with Gasteiger partial charge in [-0.15, -0.1) is 0 Å². The molecule has 0 aliphatic rings. The lowest BCUT2D eigenvalue weighted by atomic mass is 10.0. The van der Waals surface area contributed by atoms with Crippen molar-refractivity contribution in [3.8, 4) is 0 Å². The van der Waals surface area contributed by atoms with Crippen LogP contribution in [0.15, 0.2) is 18.2 Å². The minimum absolute atomic E-state index is 0.784. The van der Waals surface area contributed by atoms with E-state index in [4.69, 9.17) is 17.3 Å². The second-order valence-electron chi connectivity index (χ2n) is 3.32. The second-order valence-corrected chi connectivity index (χ2v) is 3.75. The fourth-order valence-electron chi connectivity index (χ4n) is 1.40. The van der Waals surface area contributed by atoms with Gasteiger partial charge in [-0.25, -0.2) is 0 Å². The predicted octanol–water partition coefficient (Wildman–Crippen LogP) is 2.93. The van der Waals surface area contributed by atoms with Gasteiger partial charge in [0.05, 0.1) is 0 Å². The fraction of sp³-hybridized carbons (Fsp3) is 0.455.